The maximum Gasteiger partial charge on any atom is 1.00 e. The van der Waals surface area contributed by atoms with E-state index in [0.29, 0.717) is 0 Å². The summed E-state index contributed by atoms with van der Waals surface area (Å²) in [5.74, 6) is -11.8. The summed E-state index contributed by atoms with van der Waals surface area (Å²) in [6, 6.07) is 0. The van der Waals surface area contributed by atoms with Crippen molar-refractivity contribution >= 4 is 10.1 Å². The summed E-state index contributed by atoms with van der Waals surface area (Å²) in [4.78, 5) is -2.63. The minimum atomic E-state index is -6.02. The minimum Gasteiger partial charge on any atom is -0.744 e. The van der Waals surface area contributed by atoms with Crippen LogP contribution in [0, 0.1) is 23.3 Å². The van der Waals surface area contributed by atoms with Gasteiger partial charge in [-0.2, -0.15) is 13.2 Å². The molecule has 0 saturated carbocycles. The molecule has 0 radical (unpaired) electrons. The molecule has 0 atom stereocenters. The molecule has 0 aliphatic carbocycles. The summed E-state index contributed by atoms with van der Waals surface area (Å²) >= 11 is 0. The molecular weight excluding hydrogens is 336 g/mol. The predicted molar refractivity (Wildman–Crippen MR) is 39.2 cm³/mol. The third-order valence-corrected chi connectivity index (χ3v) is 2.61. The number of hydrogen-bond acceptors (Lipinski definition) is 3. The van der Waals surface area contributed by atoms with E-state index in [2.05, 4.69) is 0 Å². The van der Waals surface area contributed by atoms with E-state index in [0.717, 1.165) is 0 Å². The summed E-state index contributed by atoms with van der Waals surface area (Å²) in [6.45, 7) is 0. The van der Waals surface area contributed by atoms with Crippen molar-refractivity contribution in [2.45, 2.75) is 11.1 Å². The first-order valence-electron chi connectivity index (χ1n) is 3.78. The molecule has 0 saturated heterocycles. The van der Waals surface area contributed by atoms with Crippen molar-refractivity contribution in [3.05, 3.63) is 28.8 Å². The van der Waals surface area contributed by atoms with Crippen molar-refractivity contribution in [3.63, 3.8) is 0 Å². The molecule has 1 aromatic rings. The standard InChI is InChI=1S/C7HF7O3S.K/c8-2-1(7(12,13)14)3(9)5(11)6(4(2)10)18(15,16)17;/h(H,15,16,17);/q;+1/p-1. The quantitative estimate of drug-likeness (QED) is 0.291. The van der Waals surface area contributed by atoms with Gasteiger partial charge in [0.1, 0.15) is 20.6 Å². The van der Waals surface area contributed by atoms with E-state index in [1.54, 1.807) is 0 Å². The molecule has 3 nitrogen and oxygen atoms in total. The molecule has 0 aliphatic rings. The van der Waals surface area contributed by atoms with E-state index in [4.69, 9.17) is 0 Å². The fraction of sp³-hybridized carbons (Fsp3) is 0.143. The Kier molecular flexibility index (Phi) is 6.04. The zero-order valence-electron chi connectivity index (χ0n) is 8.78. The first-order valence-corrected chi connectivity index (χ1v) is 5.19. The van der Waals surface area contributed by atoms with E-state index in [1.807, 2.05) is 0 Å². The van der Waals surface area contributed by atoms with Crippen LogP contribution in [0.4, 0.5) is 30.7 Å². The van der Waals surface area contributed by atoms with Gasteiger partial charge in [0.25, 0.3) is 0 Å². The summed E-state index contributed by atoms with van der Waals surface area (Å²) in [5.41, 5.74) is -2.95. The van der Waals surface area contributed by atoms with E-state index < -0.39 is 50.0 Å². The van der Waals surface area contributed by atoms with Gasteiger partial charge in [-0.3, -0.25) is 0 Å². The molecule has 19 heavy (non-hydrogen) atoms. The summed E-state index contributed by atoms with van der Waals surface area (Å²) < 4.78 is 118. The fourth-order valence-corrected chi connectivity index (χ4v) is 1.70. The number of rotatable bonds is 1. The Bertz CT molecular complexity index is 581. The molecule has 1 rings (SSSR count). The maximum absolute atomic E-state index is 12.9. The molecule has 0 bridgehead atoms. The largest absolute Gasteiger partial charge is 1.00 e. The van der Waals surface area contributed by atoms with Crippen LogP contribution in [0.3, 0.4) is 0 Å². The van der Waals surface area contributed by atoms with Gasteiger partial charge >= 0.3 is 57.6 Å². The van der Waals surface area contributed by atoms with Crippen LogP contribution in [-0.2, 0) is 16.3 Å². The number of hydrogen-bond donors (Lipinski definition) is 0. The van der Waals surface area contributed by atoms with E-state index in [-0.39, 0.29) is 51.4 Å². The zero-order valence-corrected chi connectivity index (χ0v) is 12.7. The normalized spacial score (nSPS) is 12.2. The van der Waals surface area contributed by atoms with Crippen molar-refractivity contribution in [1.29, 1.82) is 0 Å². The molecule has 0 aliphatic heterocycles. The first-order chi connectivity index (χ1) is 7.89. The first kappa shape index (κ1) is 19.3. The molecule has 1 aromatic carbocycles. The van der Waals surface area contributed by atoms with Crippen molar-refractivity contribution in [2.24, 2.45) is 0 Å². The Morgan fingerprint density at radius 1 is 0.842 bits per heavy atom. The Labute approximate surface area is 144 Å². The van der Waals surface area contributed by atoms with Gasteiger partial charge in [-0.1, -0.05) is 0 Å². The fourth-order valence-electron chi connectivity index (χ4n) is 1.08. The van der Waals surface area contributed by atoms with Crippen molar-refractivity contribution in [3.8, 4) is 0 Å². The molecule has 0 fully saturated rings. The molecule has 0 N–H and O–H groups in total. The molecule has 0 heterocycles. The predicted octanol–water partition coefficient (Wildman–Crippen LogP) is -0.830. The maximum atomic E-state index is 12.9. The molecule has 0 amide bonds. The van der Waals surface area contributed by atoms with Crippen LogP contribution >= 0.6 is 0 Å². The van der Waals surface area contributed by atoms with Crippen LogP contribution in [0.1, 0.15) is 5.56 Å². The number of halogens is 7. The van der Waals surface area contributed by atoms with Crippen LogP contribution < -0.4 is 51.4 Å². The van der Waals surface area contributed by atoms with Gasteiger partial charge in [0, 0.05) is 0 Å². The minimum absolute atomic E-state index is 0. The van der Waals surface area contributed by atoms with Crippen LogP contribution in [0.15, 0.2) is 4.90 Å². The third-order valence-electron chi connectivity index (χ3n) is 1.76. The average Bonchev–Trinajstić information content (AvgIpc) is 2.10. The van der Waals surface area contributed by atoms with Crippen LogP contribution in [0.25, 0.3) is 0 Å². The Balaban J connectivity index is 0.00000324. The topological polar surface area (TPSA) is 57.2 Å². The SMILES string of the molecule is O=S(=O)([O-])c1c(F)c(F)c(C(F)(F)F)c(F)c1F.[K+]. The second-order valence-electron chi connectivity index (χ2n) is 2.91. The van der Waals surface area contributed by atoms with E-state index in [1.165, 1.54) is 0 Å². The monoisotopic (exact) mass is 336 g/mol. The van der Waals surface area contributed by atoms with Crippen molar-refractivity contribution in [1.82, 2.24) is 0 Å². The zero-order chi connectivity index (χ0) is 14.5. The molecule has 0 spiro atoms. The van der Waals surface area contributed by atoms with Crippen molar-refractivity contribution in [2.75, 3.05) is 0 Å². The van der Waals surface area contributed by atoms with Gasteiger partial charge in [-0.15, -0.1) is 0 Å². The van der Waals surface area contributed by atoms with Gasteiger partial charge in [0.2, 0.25) is 0 Å². The van der Waals surface area contributed by atoms with Gasteiger partial charge in [-0.05, 0) is 0 Å². The van der Waals surface area contributed by atoms with Gasteiger partial charge in [-0.25, -0.2) is 26.0 Å². The van der Waals surface area contributed by atoms with Crippen LogP contribution in [-0.4, -0.2) is 13.0 Å². The number of alkyl halides is 3. The van der Waals surface area contributed by atoms with E-state index in [9.17, 15) is 43.7 Å². The number of benzene rings is 1. The molecule has 102 valence electrons. The average molecular weight is 336 g/mol. The summed E-state index contributed by atoms with van der Waals surface area (Å²) in [5, 5.41) is 0. The molecule has 12 heteroatoms. The summed E-state index contributed by atoms with van der Waals surface area (Å²) in [7, 11) is -6.02. The van der Waals surface area contributed by atoms with Crippen LogP contribution in [0.2, 0.25) is 0 Å². The third kappa shape index (κ3) is 3.68. The molecule has 0 unspecified atom stereocenters. The Hall–Kier alpha value is 0.276. The second kappa shape index (κ2) is 5.95. The Morgan fingerprint density at radius 2 is 1.16 bits per heavy atom. The van der Waals surface area contributed by atoms with Gasteiger partial charge in [0.15, 0.2) is 23.3 Å². The smallest absolute Gasteiger partial charge is 0.744 e. The molecular formula is C7F7KO3S. The van der Waals surface area contributed by atoms with Gasteiger partial charge < -0.3 is 4.55 Å². The summed E-state index contributed by atoms with van der Waals surface area (Å²) in [6.07, 6.45) is -5.80. The Morgan fingerprint density at radius 3 is 1.37 bits per heavy atom. The van der Waals surface area contributed by atoms with Gasteiger partial charge in [0.05, 0.1) is 0 Å². The van der Waals surface area contributed by atoms with E-state index >= 15 is 0 Å². The van der Waals surface area contributed by atoms with Crippen LogP contribution in [0.5, 0.6) is 0 Å². The van der Waals surface area contributed by atoms with Crippen molar-refractivity contribution < 1.29 is 95.1 Å². The second-order valence-corrected chi connectivity index (χ2v) is 4.23. The molecule has 0 aromatic heterocycles.